The minimum Gasteiger partial charge on any atom is -0.360 e. The number of carbonyl (C=O) groups excluding carboxylic acids is 2. The maximum absolute atomic E-state index is 11.5. The van der Waals surface area contributed by atoms with Gasteiger partial charge in [-0.3, -0.25) is 20.2 Å². The first-order valence-corrected chi connectivity index (χ1v) is 5.03. The van der Waals surface area contributed by atoms with E-state index in [0.29, 0.717) is 11.5 Å². The Labute approximate surface area is 101 Å². The molecular formula is C10H10N4O4. The van der Waals surface area contributed by atoms with Crippen LogP contribution in [0, 0.1) is 13.8 Å². The summed E-state index contributed by atoms with van der Waals surface area (Å²) < 4.78 is 9.49. The Morgan fingerprint density at radius 1 is 0.944 bits per heavy atom. The molecule has 0 bridgehead atoms. The van der Waals surface area contributed by atoms with Crippen LogP contribution in [0.4, 0.5) is 11.6 Å². The van der Waals surface area contributed by atoms with Crippen LogP contribution >= 0.6 is 0 Å². The van der Waals surface area contributed by atoms with E-state index >= 15 is 0 Å². The van der Waals surface area contributed by atoms with Crippen LogP contribution in [0.25, 0.3) is 0 Å². The van der Waals surface area contributed by atoms with Crippen molar-refractivity contribution >= 4 is 23.5 Å². The van der Waals surface area contributed by atoms with Crippen LogP contribution in [-0.2, 0) is 9.59 Å². The number of hydrogen-bond acceptors (Lipinski definition) is 6. The van der Waals surface area contributed by atoms with Crippen molar-refractivity contribution < 1.29 is 18.6 Å². The predicted octanol–water partition coefficient (Wildman–Crippen LogP) is 0.857. The Hall–Kier alpha value is -2.64. The van der Waals surface area contributed by atoms with Gasteiger partial charge in [0.15, 0.2) is 11.6 Å². The van der Waals surface area contributed by atoms with E-state index in [4.69, 9.17) is 9.05 Å². The van der Waals surface area contributed by atoms with Crippen molar-refractivity contribution in [2.24, 2.45) is 0 Å². The lowest BCUT2D eigenvalue weighted by Crippen LogP contribution is -2.29. The molecule has 0 saturated carbocycles. The summed E-state index contributed by atoms with van der Waals surface area (Å²) in [5.41, 5.74) is 0. The molecule has 0 saturated heterocycles. The van der Waals surface area contributed by atoms with Crippen molar-refractivity contribution in [2.45, 2.75) is 13.8 Å². The zero-order chi connectivity index (χ0) is 13.1. The van der Waals surface area contributed by atoms with Crippen LogP contribution < -0.4 is 10.6 Å². The van der Waals surface area contributed by atoms with E-state index in [2.05, 4.69) is 20.9 Å². The Balaban J connectivity index is 1.95. The van der Waals surface area contributed by atoms with Crippen LogP contribution in [0.1, 0.15) is 11.5 Å². The van der Waals surface area contributed by atoms with Gasteiger partial charge in [0.25, 0.3) is 0 Å². The van der Waals surface area contributed by atoms with Gasteiger partial charge in [-0.2, -0.15) is 0 Å². The fourth-order valence-corrected chi connectivity index (χ4v) is 1.20. The van der Waals surface area contributed by atoms with E-state index in [-0.39, 0.29) is 11.6 Å². The quantitative estimate of drug-likeness (QED) is 0.764. The maximum atomic E-state index is 11.5. The first-order chi connectivity index (χ1) is 8.54. The second-order valence-corrected chi connectivity index (χ2v) is 3.55. The number of rotatable bonds is 2. The van der Waals surface area contributed by atoms with Crippen LogP contribution in [0.2, 0.25) is 0 Å². The van der Waals surface area contributed by atoms with E-state index < -0.39 is 11.8 Å². The zero-order valence-corrected chi connectivity index (χ0v) is 9.68. The molecule has 2 rings (SSSR count). The highest BCUT2D eigenvalue weighted by molar-refractivity contribution is 6.43. The number of nitrogens with one attached hydrogen (secondary N) is 2. The average Bonchev–Trinajstić information content (AvgIpc) is 2.88. The van der Waals surface area contributed by atoms with Gasteiger partial charge in [-0.05, 0) is 13.8 Å². The molecule has 2 aromatic rings. The maximum Gasteiger partial charge on any atom is 0.315 e. The molecule has 2 amide bonds. The lowest BCUT2D eigenvalue weighted by atomic mass is 10.4. The highest BCUT2D eigenvalue weighted by Gasteiger charge is 2.17. The van der Waals surface area contributed by atoms with Gasteiger partial charge in [0.2, 0.25) is 0 Å². The molecule has 0 radical (unpaired) electrons. The van der Waals surface area contributed by atoms with Gasteiger partial charge >= 0.3 is 11.8 Å². The monoisotopic (exact) mass is 250 g/mol. The summed E-state index contributed by atoms with van der Waals surface area (Å²) in [7, 11) is 0. The van der Waals surface area contributed by atoms with E-state index in [9.17, 15) is 9.59 Å². The summed E-state index contributed by atoms with van der Waals surface area (Å²) in [6.45, 7) is 3.34. The summed E-state index contributed by atoms with van der Waals surface area (Å²) in [6, 6.07) is 2.98. The lowest BCUT2D eigenvalue weighted by molar-refractivity contribution is -0.133. The van der Waals surface area contributed by atoms with Gasteiger partial charge in [-0.1, -0.05) is 10.3 Å². The first-order valence-electron chi connectivity index (χ1n) is 5.03. The van der Waals surface area contributed by atoms with Crippen LogP contribution in [-0.4, -0.2) is 22.1 Å². The second-order valence-electron chi connectivity index (χ2n) is 3.55. The van der Waals surface area contributed by atoms with E-state index in [1.165, 1.54) is 12.1 Å². The molecule has 2 N–H and O–H groups in total. The van der Waals surface area contributed by atoms with E-state index in [1.54, 1.807) is 13.8 Å². The Morgan fingerprint density at radius 3 is 1.61 bits per heavy atom. The molecule has 0 unspecified atom stereocenters. The van der Waals surface area contributed by atoms with Crippen molar-refractivity contribution in [1.29, 1.82) is 0 Å². The standard InChI is InChI=1S/C10H10N4O4/c1-5-3-7(13-17-5)11-9(15)10(16)12-8-4-6(2)18-14-8/h3-4H,1-2H3,(H,11,13,15)(H,12,14,16). The highest BCUT2D eigenvalue weighted by atomic mass is 16.5. The van der Waals surface area contributed by atoms with Gasteiger partial charge in [0, 0.05) is 12.1 Å². The summed E-state index contributed by atoms with van der Waals surface area (Å²) >= 11 is 0. The SMILES string of the molecule is Cc1cc(NC(=O)C(=O)Nc2cc(C)on2)no1. The minimum absolute atomic E-state index is 0.170. The molecule has 8 heteroatoms. The molecule has 2 aromatic heterocycles. The van der Waals surface area contributed by atoms with E-state index in [1.807, 2.05) is 0 Å². The molecule has 0 spiro atoms. The third-order valence-corrected chi connectivity index (χ3v) is 1.95. The predicted molar refractivity (Wildman–Crippen MR) is 59.7 cm³/mol. The second kappa shape index (κ2) is 4.70. The van der Waals surface area contributed by atoms with E-state index in [0.717, 1.165) is 0 Å². The normalized spacial score (nSPS) is 10.1. The van der Waals surface area contributed by atoms with Gasteiger partial charge in [0.1, 0.15) is 11.5 Å². The van der Waals surface area contributed by atoms with Gasteiger partial charge in [-0.15, -0.1) is 0 Å². The van der Waals surface area contributed by atoms with Gasteiger partial charge in [-0.25, -0.2) is 0 Å². The number of amides is 2. The third kappa shape index (κ3) is 2.73. The molecule has 0 aliphatic heterocycles. The van der Waals surface area contributed by atoms with Crippen LogP contribution in [0.15, 0.2) is 21.2 Å². The fourth-order valence-electron chi connectivity index (χ4n) is 1.20. The summed E-state index contributed by atoms with van der Waals surface area (Å²) in [6.07, 6.45) is 0. The topological polar surface area (TPSA) is 110 Å². The van der Waals surface area contributed by atoms with Crippen molar-refractivity contribution in [2.75, 3.05) is 10.6 Å². The number of hydrogen-bond donors (Lipinski definition) is 2. The molecule has 94 valence electrons. The largest absolute Gasteiger partial charge is 0.360 e. The molecule has 0 fully saturated rings. The Kier molecular flexibility index (Phi) is 3.09. The Bertz CT molecular complexity index is 534. The molecule has 0 aliphatic carbocycles. The first kappa shape index (κ1) is 11.8. The molecule has 0 aliphatic rings. The molecule has 0 aromatic carbocycles. The summed E-state index contributed by atoms with van der Waals surface area (Å²) in [4.78, 5) is 22.9. The molecule has 0 atom stereocenters. The van der Waals surface area contributed by atoms with Crippen LogP contribution in [0.3, 0.4) is 0 Å². The van der Waals surface area contributed by atoms with Crippen molar-refractivity contribution in [1.82, 2.24) is 10.3 Å². The number of anilines is 2. The third-order valence-electron chi connectivity index (χ3n) is 1.95. The molecule has 2 heterocycles. The smallest absolute Gasteiger partial charge is 0.315 e. The fraction of sp³-hybridized carbons (Fsp3) is 0.200. The number of nitrogens with zero attached hydrogens (tertiary/aromatic N) is 2. The van der Waals surface area contributed by atoms with Crippen molar-refractivity contribution in [3.05, 3.63) is 23.7 Å². The molecule has 18 heavy (non-hydrogen) atoms. The summed E-state index contributed by atoms with van der Waals surface area (Å²) in [5.74, 6) is -0.350. The van der Waals surface area contributed by atoms with Crippen molar-refractivity contribution in [3.63, 3.8) is 0 Å². The number of carbonyl (C=O) groups is 2. The van der Waals surface area contributed by atoms with Gasteiger partial charge < -0.3 is 9.05 Å². The Morgan fingerprint density at radius 2 is 1.33 bits per heavy atom. The van der Waals surface area contributed by atoms with Gasteiger partial charge in [0.05, 0.1) is 0 Å². The van der Waals surface area contributed by atoms with Crippen molar-refractivity contribution in [3.8, 4) is 0 Å². The summed E-state index contributed by atoms with van der Waals surface area (Å²) in [5, 5.41) is 11.6. The molecule has 8 nitrogen and oxygen atoms in total. The number of aromatic nitrogens is 2. The molecular weight excluding hydrogens is 240 g/mol. The zero-order valence-electron chi connectivity index (χ0n) is 9.68. The minimum atomic E-state index is -0.871. The highest BCUT2D eigenvalue weighted by Crippen LogP contribution is 2.08. The lowest BCUT2D eigenvalue weighted by Gasteiger charge is -2.00. The average molecular weight is 250 g/mol. The number of aryl methyl sites for hydroxylation is 2. The van der Waals surface area contributed by atoms with Crippen LogP contribution in [0.5, 0.6) is 0 Å².